The third-order valence-electron chi connectivity index (χ3n) is 8.98. The van der Waals surface area contributed by atoms with Crippen LogP contribution in [-0.4, -0.2) is 15.0 Å². The molecule has 0 fully saturated rings. The van der Waals surface area contributed by atoms with Gasteiger partial charge in [0, 0.05) is 36.9 Å². The summed E-state index contributed by atoms with van der Waals surface area (Å²) in [6.07, 6.45) is 0. The van der Waals surface area contributed by atoms with Gasteiger partial charge in [0.2, 0.25) is 0 Å². The Morgan fingerprint density at radius 1 is 0.306 bits per heavy atom. The molecule has 4 heteroatoms. The highest BCUT2D eigenvalue weighted by Gasteiger charge is 2.19. The third-order valence-corrected chi connectivity index (χ3v) is 10.2. The van der Waals surface area contributed by atoms with Crippen LogP contribution >= 0.6 is 11.3 Å². The van der Waals surface area contributed by atoms with Crippen molar-refractivity contribution in [2.45, 2.75) is 0 Å². The van der Waals surface area contributed by atoms with Gasteiger partial charge in [-0.15, -0.1) is 11.3 Å². The van der Waals surface area contributed by atoms with Crippen LogP contribution in [0, 0.1) is 0 Å². The fraction of sp³-hybridized carbons (Fsp3) is 0. The van der Waals surface area contributed by atoms with E-state index in [4.69, 9.17) is 15.0 Å². The molecule has 2 heterocycles. The second-order valence-electron chi connectivity index (χ2n) is 12.0. The van der Waals surface area contributed by atoms with Crippen LogP contribution in [0.5, 0.6) is 0 Å². The lowest BCUT2D eigenvalue weighted by atomic mass is 9.94. The van der Waals surface area contributed by atoms with Crippen LogP contribution in [0.25, 0.3) is 87.7 Å². The van der Waals surface area contributed by atoms with Crippen LogP contribution in [-0.2, 0) is 0 Å². The van der Waals surface area contributed by atoms with Gasteiger partial charge in [0.05, 0.1) is 0 Å². The molecular weight excluding hydrogens is 615 g/mol. The molecule has 0 atom stereocenters. The summed E-state index contributed by atoms with van der Waals surface area (Å²) in [4.78, 5) is 15.7. The van der Waals surface area contributed by atoms with Gasteiger partial charge in [-0.3, -0.25) is 0 Å². The van der Waals surface area contributed by atoms with Crippen molar-refractivity contribution in [3.05, 3.63) is 176 Å². The molecule has 230 valence electrons. The first-order chi connectivity index (χ1) is 24.3. The topological polar surface area (TPSA) is 38.7 Å². The smallest absolute Gasteiger partial charge is 0.165 e. The molecule has 7 aromatic carbocycles. The van der Waals surface area contributed by atoms with E-state index in [0.717, 1.165) is 44.5 Å². The number of hydrogen-bond donors (Lipinski definition) is 0. The van der Waals surface area contributed by atoms with Gasteiger partial charge in [-0.25, -0.2) is 15.0 Å². The standard InChI is InChI=1S/C45H29N3S/c1-4-13-30(14-5-1)32-23-25-34(26-24-32)43-46-44(39-21-12-20-38-37-19-10-11-22-41(37)49-42(38)39)48-45(47-43)40-29-35(31-15-6-2-7-16-31)27-28-36(40)33-17-8-3-9-18-33/h1-29H. The number of nitrogens with zero attached hydrogens (tertiary/aromatic N) is 3. The molecule has 0 aliphatic carbocycles. The summed E-state index contributed by atoms with van der Waals surface area (Å²) in [5, 5.41) is 2.46. The van der Waals surface area contributed by atoms with Crippen molar-refractivity contribution in [2.75, 3.05) is 0 Å². The summed E-state index contributed by atoms with van der Waals surface area (Å²) in [6.45, 7) is 0. The van der Waals surface area contributed by atoms with E-state index in [9.17, 15) is 0 Å². The van der Waals surface area contributed by atoms with Crippen LogP contribution in [0.2, 0.25) is 0 Å². The summed E-state index contributed by atoms with van der Waals surface area (Å²) in [5.74, 6) is 1.94. The van der Waals surface area contributed by atoms with Crippen molar-refractivity contribution in [1.82, 2.24) is 15.0 Å². The van der Waals surface area contributed by atoms with E-state index in [1.54, 1.807) is 11.3 Å². The lowest BCUT2D eigenvalue weighted by molar-refractivity contribution is 1.08. The maximum absolute atomic E-state index is 5.29. The molecule has 3 nitrogen and oxygen atoms in total. The molecule has 0 aliphatic heterocycles. The first kappa shape index (κ1) is 29.0. The normalized spacial score (nSPS) is 11.3. The van der Waals surface area contributed by atoms with E-state index in [0.29, 0.717) is 17.5 Å². The molecule has 2 aromatic heterocycles. The number of rotatable bonds is 6. The Kier molecular flexibility index (Phi) is 7.34. The Labute approximate surface area is 288 Å². The van der Waals surface area contributed by atoms with Gasteiger partial charge in [-0.2, -0.15) is 0 Å². The fourth-order valence-electron chi connectivity index (χ4n) is 6.52. The Bertz CT molecular complexity index is 2580. The summed E-state index contributed by atoms with van der Waals surface area (Å²) < 4.78 is 2.42. The molecule has 0 unspecified atom stereocenters. The Morgan fingerprint density at radius 3 is 1.53 bits per heavy atom. The number of benzene rings is 7. The van der Waals surface area contributed by atoms with E-state index in [1.807, 2.05) is 18.2 Å². The summed E-state index contributed by atoms with van der Waals surface area (Å²) in [5.41, 5.74) is 9.66. The van der Waals surface area contributed by atoms with Crippen LogP contribution in [0.4, 0.5) is 0 Å². The van der Waals surface area contributed by atoms with E-state index in [1.165, 1.54) is 25.7 Å². The SMILES string of the molecule is c1ccc(-c2ccc(-c3nc(-c4cc(-c5ccccc5)ccc4-c4ccccc4)nc(-c4cccc5c4sc4ccccc45)n3)cc2)cc1. The zero-order valence-corrected chi connectivity index (χ0v) is 27.3. The average molecular weight is 644 g/mol. The van der Waals surface area contributed by atoms with Crippen molar-refractivity contribution in [3.63, 3.8) is 0 Å². The van der Waals surface area contributed by atoms with Crippen molar-refractivity contribution in [3.8, 4) is 67.5 Å². The maximum atomic E-state index is 5.29. The first-order valence-corrected chi connectivity index (χ1v) is 17.2. The molecule has 0 radical (unpaired) electrons. The van der Waals surface area contributed by atoms with Gasteiger partial charge in [-0.1, -0.05) is 158 Å². The Balaban J connectivity index is 1.29. The summed E-state index contributed by atoms with van der Waals surface area (Å²) >= 11 is 1.79. The minimum Gasteiger partial charge on any atom is -0.208 e. The molecule has 0 spiro atoms. The molecule has 9 rings (SSSR count). The highest BCUT2D eigenvalue weighted by molar-refractivity contribution is 7.26. The molecule has 9 aromatic rings. The number of thiophene rings is 1. The minimum absolute atomic E-state index is 0.641. The number of fused-ring (bicyclic) bond motifs is 3. The lowest BCUT2D eigenvalue weighted by Crippen LogP contribution is -2.01. The molecule has 0 amide bonds. The first-order valence-electron chi connectivity index (χ1n) is 16.4. The van der Waals surface area contributed by atoms with E-state index in [2.05, 4.69) is 158 Å². The van der Waals surface area contributed by atoms with Gasteiger partial charge in [0.1, 0.15) is 0 Å². The fourth-order valence-corrected chi connectivity index (χ4v) is 7.73. The second-order valence-corrected chi connectivity index (χ2v) is 13.1. The van der Waals surface area contributed by atoms with E-state index < -0.39 is 0 Å². The largest absolute Gasteiger partial charge is 0.208 e. The van der Waals surface area contributed by atoms with Gasteiger partial charge in [0.15, 0.2) is 17.5 Å². The molecule has 0 saturated heterocycles. The third kappa shape index (κ3) is 5.48. The molecule has 49 heavy (non-hydrogen) atoms. The summed E-state index contributed by atoms with van der Waals surface area (Å²) in [7, 11) is 0. The van der Waals surface area contributed by atoms with Gasteiger partial charge < -0.3 is 0 Å². The Hall–Kier alpha value is -6.23. The van der Waals surface area contributed by atoms with Crippen molar-refractivity contribution >= 4 is 31.5 Å². The van der Waals surface area contributed by atoms with Crippen LogP contribution in [0.1, 0.15) is 0 Å². The van der Waals surface area contributed by atoms with Gasteiger partial charge >= 0.3 is 0 Å². The van der Waals surface area contributed by atoms with Crippen molar-refractivity contribution in [2.24, 2.45) is 0 Å². The zero-order chi connectivity index (χ0) is 32.6. The monoisotopic (exact) mass is 643 g/mol. The van der Waals surface area contributed by atoms with Crippen LogP contribution in [0.3, 0.4) is 0 Å². The average Bonchev–Trinajstić information content (AvgIpc) is 3.58. The maximum Gasteiger partial charge on any atom is 0.165 e. The van der Waals surface area contributed by atoms with E-state index in [-0.39, 0.29) is 0 Å². The quantitative estimate of drug-likeness (QED) is 0.181. The van der Waals surface area contributed by atoms with Gasteiger partial charge in [0.25, 0.3) is 0 Å². The molecule has 0 N–H and O–H groups in total. The molecular formula is C45H29N3S. The highest BCUT2D eigenvalue weighted by Crippen LogP contribution is 2.41. The zero-order valence-electron chi connectivity index (χ0n) is 26.5. The van der Waals surface area contributed by atoms with Crippen molar-refractivity contribution < 1.29 is 0 Å². The lowest BCUT2D eigenvalue weighted by Gasteiger charge is -2.14. The Morgan fingerprint density at radius 2 is 0.816 bits per heavy atom. The highest BCUT2D eigenvalue weighted by atomic mass is 32.1. The van der Waals surface area contributed by atoms with Gasteiger partial charge in [-0.05, 0) is 51.6 Å². The molecule has 0 saturated carbocycles. The second kappa shape index (κ2) is 12.4. The predicted octanol–water partition coefficient (Wildman–Crippen LogP) is 12.2. The molecule has 0 bridgehead atoms. The predicted molar refractivity (Wildman–Crippen MR) is 205 cm³/mol. The van der Waals surface area contributed by atoms with E-state index >= 15 is 0 Å². The number of aromatic nitrogens is 3. The number of hydrogen-bond acceptors (Lipinski definition) is 4. The molecule has 0 aliphatic rings. The summed E-state index contributed by atoms with van der Waals surface area (Å²) in [6, 6.07) is 61.5. The minimum atomic E-state index is 0.641. The van der Waals surface area contributed by atoms with Crippen LogP contribution in [0.15, 0.2) is 176 Å². The van der Waals surface area contributed by atoms with Crippen LogP contribution < -0.4 is 0 Å². The van der Waals surface area contributed by atoms with Crippen molar-refractivity contribution in [1.29, 1.82) is 0 Å².